The minimum absolute atomic E-state index is 0.0542. The zero-order valence-electron chi connectivity index (χ0n) is 17.0. The molecule has 152 valence electrons. The maximum atomic E-state index is 12.6. The lowest BCUT2D eigenvalue weighted by Crippen LogP contribution is -2.30. The van der Waals surface area contributed by atoms with E-state index in [4.69, 9.17) is 0 Å². The van der Waals surface area contributed by atoms with Crippen LogP contribution >= 0.6 is 0 Å². The number of anilines is 1. The van der Waals surface area contributed by atoms with E-state index in [0.29, 0.717) is 17.8 Å². The maximum Gasteiger partial charge on any atom is 0.251 e. The van der Waals surface area contributed by atoms with Gasteiger partial charge in [-0.3, -0.25) is 14.4 Å². The summed E-state index contributed by atoms with van der Waals surface area (Å²) in [6.07, 6.45) is 1.39. The summed E-state index contributed by atoms with van der Waals surface area (Å²) in [6.45, 7) is 9.41. The van der Waals surface area contributed by atoms with Crippen molar-refractivity contribution in [2.75, 3.05) is 5.32 Å². The predicted molar refractivity (Wildman–Crippen MR) is 115 cm³/mol. The van der Waals surface area contributed by atoms with Crippen LogP contribution in [-0.4, -0.2) is 23.8 Å². The summed E-state index contributed by atoms with van der Waals surface area (Å²) in [4.78, 5) is 36.1. The molecule has 0 bridgehead atoms. The van der Waals surface area contributed by atoms with Gasteiger partial charge in [-0.15, -0.1) is 0 Å². The lowest BCUT2D eigenvalue weighted by atomic mass is 10.0. The zero-order valence-corrected chi connectivity index (χ0v) is 17.0. The van der Waals surface area contributed by atoms with Crippen molar-refractivity contribution in [1.29, 1.82) is 0 Å². The molecule has 0 radical (unpaired) electrons. The smallest absolute Gasteiger partial charge is 0.251 e. The van der Waals surface area contributed by atoms with Crippen LogP contribution < -0.4 is 16.0 Å². The number of rotatable bonds is 8. The van der Waals surface area contributed by atoms with Gasteiger partial charge in [-0.25, -0.2) is 0 Å². The van der Waals surface area contributed by atoms with Gasteiger partial charge in [-0.1, -0.05) is 30.8 Å². The Hall–Kier alpha value is -3.41. The highest BCUT2D eigenvalue weighted by Gasteiger charge is 2.12. The first kappa shape index (κ1) is 21.9. The molecular weight excluding hydrogens is 366 g/mol. The zero-order chi connectivity index (χ0) is 21.4. The van der Waals surface area contributed by atoms with Gasteiger partial charge < -0.3 is 16.0 Å². The molecule has 29 heavy (non-hydrogen) atoms. The van der Waals surface area contributed by atoms with Crippen LogP contribution in [0.15, 0.2) is 55.1 Å². The largest absolute Gasteiger partial charge is 0.350 e. The molecule has 0 heterocycles. The van der Waals surface area contributed by atoms with Gasteiger partial charge in [0.05, 0.1) is 6.42 Å². The lowest BCUT2D eigenvalue weighted by molar-refractivity contribution is -0.116. The summed E-state index contributed by atoms with van der Waals surface area (Å²) < 4.78 is 0. The van der Waals surface area contributed by atoms with E-state index >= 15 is 0 Å². The predicted octanol–water partition coefficient (Wildman–Crippen LogP) is 3.12. The molecule has 2 aromatic rings. The van der Waals surface area contributed by atoms with Crippen LogP contribution in [0.5, 0.6) is 0 Å². The minimum atomic E-state index is -0.263. The first-order chi connectivity index (χ1) is 13.8. The van der Waals surface area contributed by atoms with Crippen molar-refractivity contribution >= 4 is 23.4 Å². The van der Waals surface area contributed by atoms with Crippen molar-refractivity contribution in [3.8, 4) is 0 Å². The first-order valence-corrected chi connectivity index (χ1v) is 9.48. The van der Waals surface area contributed by atoms with Crippen molar-refractivity contribution in [2.45, 2.75) is 39.8 Å². The van der Waals surface area contributed by atoms with Gasteiger partial charge in [0, 0.05) is 23.8 Å². The molecule has 0 spiro atoms. The number of benzene rings is 2. The van der Waals surface area contributed by atoms with Gasteiger partial charge in [-0.2, -0.15) is 0 Å². The van der Waals surface area contributed by atoms with E-state index < -0.39 is 0 Å². The van der Waals surface area contributed by atoms with Crippen molar-refractivity contribution in [3.05, 3.63) is 77.4 Å². The Bertz CT molecular complexity index is 919. The molecule has 3 N–H and O–H groups in total. The lowest BCUT2D eigenvalue weighted by Gasteiger charge is -2.13. The molecule has 6 nitrogen and oxygen atoms in total. The highest BCUT2D eigenvalue weighted by atomic mass is 16.2. The number of hydrogen-bond acceptors (Lipinski definition) is 3. The maximum absolute atomic E-state index is 12.6. The molecule has 0 aliphatic carbocycles. The molecule has 0 saturated heterocycles. The molecule has 0 saturated carbocycles. The van der Waals surface area contributed by atoms with Crippen LogP contribution in [0.2, 0.25) is 0 Å². The Kier molecular flexibility index (Phi) is 7.71. The van der Waals surface area contributed by atoms with Crippen LogP contribution in [0.4, 0.5) is 5.69 Å². The van der Waals surface area contributed by atoms with Crippen molar-refractivity contribution in [3.63, 3.8) is 0 Å². The number of aryl methyl sites for hydroxylation is 1. The van der Waals surface area contributed by atoms with Gasteiger partial charge in [0.15, 0.2) is 0 Å². The van der Waals surface area contributed by atoms with Crippen molar-refractivity contribution < 1.29 is 14.4 Å². The number of carbonyl (C=O) groups is 3. The Morgan fingerprint density at radius 1 is 1.07 bits per heavy atom. The highest BCUT2D eigenvalue weighted by molar-refractivity contribution is 5.97. The van der Waals surface area contributed by atoms with Gasteiger partial charge in [0.2, 0.25) is 11.8 Å². The molecule has 3 amide bonds. The van der Waals surface area contributed by atoms with E-state index in [1.165, 1.54) is 6.08 Å². The molecule has 0 aliphatic rings. The van der Waals surface area contributed by atoms with E-state index in [0.717, 1.165) is 16.7 Å². The molecule has 0 unspecified atom stereocenters. The second-order valence-corrected chi connectivity index (χ2v) is 7.07. The van der Waals surface area contributed by atoms with Crippen LogP contribution in [0.1, 0.15) is 40.9 Å². The van der Waals surface area contributed by atoms with Crippen molar-refractivity contribution in [2.24, 2.45) is 0 Å². The standard InChI is InChI=1S/C23H27N3O3/c1-5-21(27)24-14-19-9-7-6-8-17(19)13-22(28)26-20-11-10-18(12-16(20)4)23(29)25-15(2)3/h5-12,15H,1,13-14H2,2-4H3,(H,24,27)(H,25,29)(H,26,28). The third kappa shape index (κ3) is 6.60. The third-order valence-electron chi connectivity index (χ3n) is 4.29. The second-order valence-electron chi connectivity index (χ2n) is 7.07. The van der Waals surface area contributed by atoms with Crippen LogP contribution in [-0.2, 0) is 22.6 Å². The quantitative estimate of drug-likeness (QED) is 0.602. The summed E-state index contributed by atoms with van der Waals surface area (Å²) in [5, 5.41) is 8.47. The van der Waals surface area contributed by atoms with E-state index in [1.54, 1.807) is 18.2 Å². The van der Waals surface area contributed by atoms with Gasteiger partial charge in [-0.05, 0) is 61.7 Å². The number of hydrogen-bond donors (Lipinski definition) is 3. The fourth-order valence-electron chi connectivity index (χ4n) is 2.81. The fourth-order valence-corrected chi connectivity index (χ4v) is 2.81. The molecule has 0 fully saturated rings. The van der Waals surface area contributed by atoms with Crippen LogP contribution in [0, 0.1) is 6.92 Å². The molecule has 0 aromatic heterocycles. The Balaban J connectivity index is 2.05. The summed E-state index contributed by atoms with van der Waals surface area (Å²) in [6, 6.07) is 12.7. The molecule has 2 aromatic carbocycles. The van der Waals surface area contributed by atoms with E-state index in [1.807, 2.05) is 45.0 Å². The molecule has 6 heteroatoms. The van der Waals surface area contributed by atoms with Gasteiger partial charge >= 0.3 is 0 Å². The van der Waals surface area contributed by atoms with Gasteiger partial charge in [0.25, 0.3) is 5.91 Å². The van der Waals surface area contributed by atoms with E-state index in [9.17, 15) is 14.4 Å². The van der Waals surface area contributed by atoms with Crippen LogP contribution in [0.25, 0.3) is 0 Å². The SMILES string of the molecule is C=CC(=O)NCc1ccccc1CC(=O)Nc1ccc(C(=O)NC(C)C)cc1C. The topological polar surface area (TPSA) is 87.3 Å². The van der Waals surface area contributed by atoms with E-state index in [-0.39, 0.29) is 30.2 Å². The first-order valence-electron chi connectivity index (χ1n) is 9.48. The van der Waals surface area contributed by atoms with E-state index in [2.05, 4.69) is 22.5 Å². The summed E-state index contributed by atoms with van der Waals surface area (Å²) in [5.41, 5.74) is 3.72. The summed E-state index contributed by atoms with van der Waals surface area (Å²) >= 11 is 0. The summed E-state index contributed by atoms with van der Waals surface area (Å²) in [7, 11) is 0. The second kappa shape index (κ2) is 10.2. The fraction of sp³-hybridized carbons (Fsp3) is 0.261. The Morgan fingerprint density at radius 3 is 2.38 bits per heavy atom. The summed E-state index contributed by atoms with van der Waals surface area (Å²) in [5.74, 6) is -0.576. The highest BCUT2D eigenvalue weighted by Crippen LogP contribution is 2.18. The molecule has 2 rings (SSSR count). The molecular formula is C23H27N3O3. The molecule has 0 atom stereocenters. The van der Waals surface area contributed by atoms with Gasteiger partial charge in [0.1, 0.15) is 0 Å². The average Bonchev–Trinajstić information content (AvgIpc) is 2.68. The molecule has 0 aliphatic heterocycles. The van der Waals surface area contributed by atoms with Crippen molar-refractivity contribution in [1.82, 2.24) is 10.6 Å². The number of nitrogens with one attached hydrogen (secondary N) is 3. The monoisotopic (exact) mass is 393 g/mol. The third-order valence-corrected chi connectivity index (χ3v) is 4.29. The normalized spacial score (nSPS) is 10.3. The Morgan fingerprint density at radius 2 is 1.76 bits per heavy atom. The average molecular weight is 393 g/mol. The minimum Gasteiger partial charge on any atom is -0.350 e. The van der Waals surface area contributed by atoms with Crippen LogP contribution in [0.3, 0.4) is 0 Å². The number of amides is 3. The Labute approximate surface area is 171 Å². The number of carbonyl (C=O) groups excluding carboxylic acids is 3.